The van der Waals surface area contributed by atoms with Crippen LogP contribution in [0.25, 0.3) is 0 Å². The Bertz CT molecular complexity index is 594. The number of carbonyl (C=O) groups is 1. The number of carbonyl (C=O) groups excluding carboxylic acids is 1. The number of aliphatic hydroxyl groups excluding tert-OH is 1. The second kappa shape index (κ2) is 5.63. The lowest BCUT2D eigenvalue weighted by molar-refractivity contribution is 0.102. The first-order chi connectivity index (χ1) is 9.10. The van der Waals surface area contributed by atoms with E-state index in [0.29, 0.717) is 11.3 Å². The fourth-order valence-electron chi connectivity index (χ4n) is 1.68. The average molecular weight is 259 g/mol. The maximum atomic E-state index is 13.1. The van der Waals surface area contributed by atoms with Crippen LogP contribution in [0.5, 0.6) is 0 Å². The Kier molecular flexibility index (Phi) is 3.92. The van der Waals surface area contributed by atoms with Crippen molar-refractivity contribution in [2.45, 2.75) is 13.5 Å². The van der Waals surface area contributed by atoms with E-state index in [1.54, 1.807) is 37.3 Å². The topological polar surface area (TPSA) is 49.3 Å². The number of hydrogen-bond donors (Lipinski definition) is 2. The highest BCUT2D eigenvalue weighted by Crippen LogP contribution is 2.17. The molecule has 0 aliphatic rings. The third kappa shape index (κ3) is 3.17. The second-order valence-electron chi connectivity index (χ2n) is 4.27. The molecule has 0 unspecified atom stereocenters. The van der Waals surface area contributed by atoms with Crippen LogP contribution in [0.1, 0.15) is 21.5 Å². The summed E-state index contributed by atoms with van der Waals surface area (Å²) in [7, 11) is 0. The molecule has 3 nitrogen and oxygen atoms in total. The molecule has 0 atom stereocenters. The molecule has 98 valence electrons. The number of anilines is 1. The van der Waals surface area contributed by atoms with Crippen molar-refractivity contribution in [1.29, 1.82) is 0 Å². The van der Waals surface area contributed by atoms with Crippen LogP contribution in [-0.4, -0.2) is 11.0 Å². The van der Waals surface area contributed by atoms with E-state index in [9.17, 15) is 9.18 Å². The largest absolute Gasteiger partial charge is 0.392 e. The first kappa shape index (κ1) is 13.2. The van der Waals surface area contributed by atoms with Gasteiger partial charge < -0.3 is 10.4 Å². The highest BCUT2D eigenvalue weighted by molar-refractivity contribution is 6.04. The van der Waals surface area contributed by atoms with E-state index in [4.69, 9.17) is 5.11 Å². The number of nitrogens with one attached hydrogen (secondary N) is 1. The lowest BCUT2D eigenvalue weighted by Crippen LogP contribution is -2.13. The predicted octanol–water partition coefficient (Wildman–Crippen LogP) is 2.88. The number of rotatable bonds is 3. The minimum Gasteiger partial charge on any atom is -0.392 e. The van der Waals surface area contributed by atoms with Gasteiger partial charge in [-0.05, 0) is 42.3 Å². The highest BCUT2D eigenvalue weighted by atomic mass is 19.1. The summed E-state index contributed by atoms with van der Waals surface area (Å²) in [6.07, 6.45) is 0. The zero-order chi connectivity index (χ0) is 13.8. The summed E-state index contributed by atoms with van der Waals surface area (Å²) in [5, 5.41) is 11.6. The van der Waals surface area contributed by atoms with Crippen molar-refractivity contribution in [3.05, 3.63) is 65.0 Å². The lowest BCUT2D eigenvalue weighted by Gasteiger charge is -2.08. The smallest absolute Gasteiger partial charge is 0.255 e. The summed E-state index contributed by atoms with van der Waals surface area (Å²) in [4.78, 5) is 12.0. The molecule has 0 spiro atoms. The molecule has 0 saturated heterocycles. The molecule has 0 radical (unpaired) electrons. The van der Waals surface area contributed by atoms with Gasteiger partial charge in [-0.1, -0.05) is 18.2 Å². The van der Waals surface area contributed by atoms with Gasteiger partial charge in [-0.3, -0.25) is 4.79 Å². The third-order valence-electron chi connectivity index (χ3n) is 2.85. The Balaban J connectivity index is 2.18. The maximum Gasteiger partial charge on any atom is 0.255 e. The number of benzene rings is 2. The number of amides is 1. The van der Waals surface area contributed by atoms with Crippen molar-refractivity contribution in [2.75, 3.05) is 5.32 Å². The average Bonchev–Trinajstić information content (AvgIpc) is 2.43. The van der Waals surface area contributed by atoms with E-state index >= 15 is 0 Å². The SMILES string of the molecule is Cc1ccc(F)cc1NC(=O)c1ccc(CO)cc1. The summed E-state index contributed by atoms with van der Waals surface area (Å²) in [6, 6.07) is 10.8. The van der Waals surface area contributed by atoms with Crippen molar-refractivity contribution < 1.29 is 14.3 Å². The fourth-order valence-corrected chi connectivity index (χ4v) is 1.68. The van der Waals surface area contributed by atoms with E-state index in [-0.39, 0.29) is 12.5 Å². The molecule has 2 aromatic rings. The van der Waals surface area contributed by atoms with Crippen molar-refractivity contribution in [3.63, 3.8) is 0 Å². The standard InChI is InChI=1S/C15H14FNO2/c1-10-2-7-13(16)8-14(10)17-15(19)12-5-3-11(9-18)4-6-12/h2-8,18H,9H2,1H3,(H,17,19). The lowest BCUT2D eigenvalue weighted by atomic mass is 10.1. The Morgan fingerprint density at radius 2 is 1.89 bits per heavy atom. The van der Waals surface area contributed by atoms with Crippen LogP contribution in [0.2, 0.25) is 0 Å². The molecule has 4 heteroatoms. The van der Waals surface area contributed by atoms with Crippen LogP contribution in [0.3, 0.4) is 0 Å². The van der Waals surface area contributed by atoms with Crippen molar-refractivity contribution in [2.24, 2.45) is 0 Å². The van der Waals surface area contributed by atoms with E-state index in [2.05, 4.69) is 5.32 Å². The van der Waals surface area contributed by atoms with Crippen LogP contribution < -0.4 is 5.32 Å². The molecule has 0 saturated carbocycles. The Hall–Kier alpha value is -2.20. The van der Waals surface area contributed by atoms with Crippen LogP contribution in [0.15, 0.2) is 42.5 Å². The molecule has 0 aliphatic heterocycles. The van der Waals surface area contributed by atoms with Gasteiger partial charge in [-0.25, -0.2) is 4.39 Å². The molecule has 19 heavy (non-hydrogen) atoms. The summed E-state index contributed by atoms with van der Waals surface area (Å²) in [6.45, 7) is 1.73. The quantitative estimate of drug-likeness (QED) is 0.890. The summed E-state index contributed by atoms with van der Waals surface area (Å²) in [5.41, 5.74) is 2.44. The van der Waals surface area contributed by atoms with Crippen LogP contribution >= 0.6 is 0 Å². The summed E-state index contributed by atoms with van der Waals surface area (Å²) < 4.78 is 13.1. The van der Waals surface area contributed by atoms with Gasteiger partial charge in [0.25, 0.3) is 5.91 Å². The first-order valence-corrected chi connectivity index (χ1v) is 5.87. The van der Waals surface area contributed by atoms with E-state index < -0.39 is 5.82 Å². The van der Waals surface area contributed by atoms with Crippen molar-refractivity contribution >= 4 is 11.6 Å². The van der Waals surface area contributed by atoms with Gasteiger partial charge in [0.2, 0.25) is 0 Å². The zero-order valence-corrected chi connectivity index (χ0v) is 10.5. The van der Waals surface area contributed by atoms with Crippen molar-refractivity contribution in [1.82, 2.24) is 0 Å². The van der Waals surface area contributed by atoms with E-state index in [1.807, 2.05) is 0 Å². The number of halogens is 1. The van der Waals surface area contributed by atoms with Gasteiger partial charge in [0.05, 0.1) is 6.61 Å². The Morgan fingerprint density at radius 1 is 1.21 bits per heavy atom. The van der Waals surface area contributed by atoms with Gasteiger partial charge in [0, 0.05) is 11.3 Å². The monoisotopic (exact) mass is 259 g/mol. The summed E-state index contributed by atoms with van der Waals surface area (Å²) in [5.74, 6) is -0.699. The van der Waals surface area contributed by atoms with Gasteiger partial charge in [0.15, 0.2) is 0 Å². The molecule has 0 bridgehead atoms. The fraction of sp³-hybridized carbons (Fsp3) is 0.133. The number of aliphatic hydroxyl groups is 1. The molecular formula is C15H14FNO2. The first-order valence-electron chi connectivity index (χ1n) is 5.87. The molecular weight excluding hydrogens is 245 g/mol. The Morgan fingerprint density at radius 3 is 2.53 bits per heavy atom. The second-order valence-corrected chi connectivity index (χ2v) is 4.27. The van der Waals surface area contributed by atoms with Gasteiger partial charge in [-0.15, -0.1) is 0 Å². The number of hydrogen-bond acceptors (Lipinski definition) is 2. The van der Waals surface area contributed by atoms with Crippen LogP contribution in [0, 0.1) is 12.7 Å². The van der Waals surface area contributed by atoms with Gasteiger partial charge >= 0.3 is 0 Å². The normalized spacial score (nSPS) is 10.3. The summed E-state index contributed by atoms with van der Waals surface area (Å²) >= 11 is 0. The number of aryl methyl sites for hydroxylation is 1. The van der Waals surface area contributed by atoms with E-state index in [0.717, 1.165) is 11.1 Å². The highest BCUT2D eigenvalue weighted by Gasteiger charge is 2.08. The maximum absolute atomic E-state index is 13.1. The van der Waals surface area contributed by atoms with E-state index in [1.165, 1.54) is 12.1 Å². The van der Waals surface area contributed by atoms with Gasteiger partial charge in [-0.2, -0.15) is 0 Å². The van der Waals surface area contributed by atoms with Gasteiger partial charge in [0.1, 0.15) is 5.82 Å². The molecule has 1 amide bonds. The molecule has 0 aliphatic carbocycles. The molecule has 0 fully saturated rings. The molecule has 2 aromatic carbocycles. The van der Waals surface area contributed by atoms with Crippen LogP contribution in [0.4, 0.5) is 10.1 Å². The Labute approximate surface area is 110 Å². The molecule has 0 aromatic heterocycles. The minimum absolute atomic E-state index is 0.0646. The predicted molar refractivity (Wildman–Crippen MR) is 71.5 cm³/mol. The zero-order valence-electron chi connectivity index (χ0n) is 10.5. The van der Waals surface area contributed by atoms with Crippen molar-refractivity contribution in [3.8, 4) is 0 Å². The minimum atomic E-state index is -0.392. The van der Waals surface area contributed by atoms with Crippen LogP contribution in [-0.2, 0) is 6.61 Å². The molecule has 2 rings (SSSR count). The molecule has 0 heterocycles. The molecule has 2 N–H and O–H groups in total. The third-order valence-corrected chi connectivity index (χ3v) is 2.85.